The third-order valence-electron chi connectivity index (χ3n) is 2.88. The highest BCUT2D eigenvalue weighted by atomic mass is 32.2. The second-order valence-corrected chi connectivity index (χ2v) is 6.12. The molecule has 0 saturated carbocycles. The van der Waals surface area contributed by atoms with Crippen molar-refractivity contribution in [2.75, 3.05) is 0 Å². The van der Waals surface area contributed by atoms with E-state index in [4.69, 9.17) is 4.18 Å². The van der Waals surface area contributed by atoms with E-state index < -0.39 is 26.3 Å². The zero-order valence-corrected chi connectivity index (χ0v) is 12.5. The van der Waals surface area contributed by atoms with Crippen LogP contribution < -0.4 is 15.4 Å². The molecule has 1 aromatic heterocycles. The highest BCUT2D eigenvalue weighted by molar-refractivity contribution is 7.87. The average molecular weight is 310 g/mol. The molecule has 8 heteroatoms. The normalized spacial score (nSPS) is 11.4. The average Bonchev–Trinajstić information content (AvgIpc) is 2.40. The summed E-state index contributed by atoms with van der Waals surface area (Å²) in [7, 11) is -1.76. The van der Waals surface area contributed by atoms with Crippen LogP contribution in [0.4, 0.5) is 0 Å². The third kappa shape index (κ3) is 2.89. The summed E-state index contributed by atoms with van der Waals surface area (Å²) in [6.45, 7) is 1.78. The molecule has 2 aromatic rings. The summed E-state index contributed by atoms with van der Waals surface area (Å²) >= 11 is 0. The molecule has 1 heterocycles. The Morgan fingerprint density at radius 2 is 1.81 bits per heavy atom. The van der Waals surface area contributed by atoms with Gasteiger partial charge in [-0.1, -0.05) is 12.1 Å². The maximum atomic E-state index is 12.2. The van der Waals surface area contributed by atoms with Crippen molar-refractivity contribution in [3.05, 3.63) is 56.9 Å². The first kappa shape index (κ1) is 15.0. The molecule has 0 saturated heterocycles. The number of rotatable bonds is 3. The topological polar surface area (TPSA) is 87.4 Å². The number of aryl methyl sites for hydroxylation is 2. The quantitative estimate of drug-likeness (QED) is 0.754. The van der Waals surface area contributed by atoms with E-state index in [2.05, 4.69) is 0 Å². The molecule has 0 spiro atoms. The van der Waals surface area contributed by atoms with E-state index in [1.54, 1.807) is 19.1 Å². The highest BCUT2D eigenvalue weighted by Crippen LogP contribution is 2.17. The Bertz CT molecular complexity index is 909. The minimum atomic E-state index is -4.32. The molecule has 112 valence electrons. The van der Waals surface area contributed by atoms with E-state index in [-0.39, 0.29) is 5.75 Å². The van der Waals surface area contributed by atoms with Crippen LogP contribution in [0.1, 0.15) is 5.56 Å². The Morgan fingerprint density at radius 1 is 1.14 bits per heavy atom. The monoisotopic (exact) mass is 310 g/mol. The van der Waals surface area contributed by atoms with Crippen molar-refractivity contribution in [1.82, 2.24) is 9.13 Å². The summed E-state index contributed by atoms with van der Waals surface area (Å²) in [6, 6.07) is 6.42. The smallest absolute Gasteiger partial charge is 0.346 e. The zero-order chi connectivity index (χ0) is 15.8. The van der Waals surface area contributed by atoms with Gasteiger partial charge in [0.2, 0.25) is 0 Å². The van der Waals surface area contributed by atoms with Gasteiger partial charge in [0.15, 0.2) is 4.90 Å². The minimum Gasteiger partial charge on any atom is -0.379 e. The van der Waals surface area contributed by atoms with Crippen molar-refractivity contribution in [2.24, 2.45) is 14.1 Å². The fraction of sp³-hybridized carbons (Fsp3) is 0.231. The molecule has 0 unspecified atom stereocenters. The Balaban J connectivity index is 2.56. The largest absolute Gasteiger partial charge is 0.379 e. The molecule has 0 fully saturated rings. The highest BCUT2D eigenvalue weighted by Gasteiger charge is 2.23. The first-order valence-electron chi connectivity index (χ1n) is 6.00. The second kappa shape index (κ2) is 5.21. The molecule has 7 nitrogen and oxygen atoms in total. The fourth-order valence-corrected chi connectivity index (χ4v) is 2.87. The molecule has 2 rings (SSSR count). The van der Waals surface area contributed by atoms with Crippen molar-refractivity contribution in [2.45, 2.75) is 11.8 Å². The summed E-state index contributed by atoms with van der Waals surface area (Å²) in [6.07, 6.45) is 0.954. The number of benzene rings is 1. The molecule has 0 aliphatic carbocycles. The predicted molar refractivity (Wildman–Crippen MR) is 75.9 cm³/mol. The lowest BCUT2D eigenvalue weighted by Gasteiger charge is -2.09. The van der Waals surface area contributed by atoms with E-state index in [0.717, 1.165) is 16.3 Å². The van der Waals surface area contributed by atoms with Crippen LogP contribution in [0, 0.1) is 6.92 Å². The summed E-state index contributed by atoms with van der Waals surface area (Å²) in [5, 5.41) is 0. The molecule has 0 bridgehead atoms. The van der Waals surface area contributed by atoms with Gasteiger partial charge in [-0.15, -0.1) is 0 Å². The van der Waals surface area contributed by atoms with Crippen molar-refractivity contribution >= 4 is 10.1 Å². The van der Waals surface area contributed by atoms with Crippen molar-refractivity contribution in [3.63, 3.8) is 0 Å². The number of hydrogen-bond donors (Lipinski definition) is 0. The van der Waals surface area contributed by atoms with Crippen LogP contribution in [0.15, 0.2) is 44.9 Å². The van der Waals surface area contributed by atoms with E-state index in [9.17, 15) is 18.0 Å². The fourth-order valence-electron chi connectivity index (χ4n) is 1.79. The summed E-state index contributed by atoms with van der Waals surface area (Å²) < 4.78 is 31.1. The van der Waals surface area contributed by atoms with Gasteiger partial charge in [0.25, 0.3) is 5.56 Å². The van der Waals surface area contributed by atoms with Crippen molar-refractivity contribution in [1.29, 1.82) is 0 Å². The van der Waals surface area contributed by atoms with E-state index in [1.807, 2.05) is 0 Å². The number of nitrogens with zero attached hydrogens (tertiary/aromatic N) is 2. The second-order valence-electron chi connectivity index (χ2n) is 4.60. The van der Waals surface area contributed by atoms with Crippen LogP contribution >= 0.6 is 0 Å². The molecule has 0 radical (unpaired) electrons. The van der Waals surface area contributed by atoms with Crippen LogP contribution in [0.2, 0.25) is 0 Å². The molecular formula is C13H14N2O5S. The van der Waals surface area contributed by atoms with Crippen LogP contribution in [0.5, 0.6) is 5.75 Å². The van der Waals surface area contributed by atoms with Crippen LogP contribution in [-0.4, -0.2) is 17.6 Å². The molecule has 0 aliphatic heterocycles. The molecule has 0 aliphatic rings. The molecule has 0 atom stereocenters. The lowest BCUT2D eigenvalue weighted by atomic mass is 10.2. The van der Waals surface area contributed by atoms with E-state index in [1.165, 1.54) is 26.2 Å². The summed E-state index contributed by atoms with van der Waals surface area (Å²) in [5.74, 6) is 0.103. The lowest BCUT2D eigenvalue weighted by Crippen LogP contribution is -2.39. The Morgan fingerprint density at radius 3 is 2.43 bits per heavy atom. The predicted octanol–water partition coefficient (Wildman–Crippen LogP) is 0.160. The molecule has 21 heavy (non-hydrogen) atoms. The van der Waals surface area contributed by atoms with Gasteiger partial charge in [0, 0.05) is 20.3 Å². The molecule has 1 aromatic carbocycles. The van der Waals surface area contributed by atoms with E-state index in [0.29, 0.717) is 4.57 Å². The Labute approximate surface area is 121 Å². The standard InChI is InChI=1S/C13H14N2O5S/c1-9-5-4-6-10(7-9)20-21(18,19)11-8-14(2)13(17)15(3)12(11)16/h4-8H,1-3H3. The lowest BCUT2D eigenvalue weighted by molar-refractivity contribution is 0.480. The van der Waals surface area contributed by atoms with Gasteiger partial charge >= 0.3 is 15.8 Å². The van der Waals surface area contributed by atoms with Gasteiger partial charge < -0.3 is 8.75 Å². The minimum absolute atomic E-state index is 0.103. The summed E-state index contributed by atoms with van der Waals surface area (Å²) in [4.78, 5) is 22.9. The Kier molecular flexibility index (Phi) is 3.73. The third-order valence-corrected chi connectivity index (χ3v) is 4.11. The van der Waals surface area contributed by atoms with Crippen LogP contribution in [-0.2, 0) is 24.2 Å². The van der Waals surface area contributed by atoms with Crippen LogP contribution in [0.3, 0.4) is 0 Å². The first-order chi connectivity index (χ1) is 9.72. The van der Waals surface area contributed by atoms with Gasteiger partial charge in [-0.25, -0.2) is 4.79 Å². The van der Waals surface area contributed by atoms with Gasteiger partial charge in [-0.05, 0) is 24.6 Å². The molecule has 0 amide bonds. The molecule has 0 N–H and O–H groups in total. The van der Waals surface area contributed by atoms with Gasteiger partial charge in [-0.2, -0.15) is 8.42 Å². The van der Waals surface area contributed by atoms with Gasteiger partial charge in [0.1, 0.15) is 5.75 Å². The van der Waals surface area contributed by atoms with Crippen molar-refractivity contribution in [3.8, 4) is 5.75 Å². The number of aromatic nitrogens is 2. The Hall–Kier alpha value is -2.35. The SMILES string of the molecule is Cc1cccc(OS(=O)(=O)c2cn(C)c(=O)n(C)c2=O)c1. The number of hydrogen-bond acceptors (Lipinski definition) is 5. The van der Waals surface area contributed by atoms with Gasteiger partial charge in [-0.3, -0.25) is 9.36 Å². The van der Waals surface area contributed by atoms with Gasteiger partial charge in [0.05, 0.1) is 0 Å². The van der Waals surface area contributed by atoms with E-state index >= 15 is 0 Å². The van der Waals surface area contributed by atoms with Crippen LogP contribution in [0.25, 0.3) is 0 Å². The zero-order valence-electron chi connectivity index (χ0n) is 11.7. The summed E-state index contributed by atoms with van der Waals surface area (Å²) in [5.41, 5.74) is -0.726. The maximum Gasteiger partial charge on any atom is 0.346 e. The maximum absolute atomic E-state index is 12.2. The molecular weight excluding hydrogens is 296 g/mol. The first-order valence-corrected chi connectivity index (χ1v) is 7.41. The van der Waals surface area contributed by atoms with Crippen molar-refractivity contribution < 1.29 is 12.6 Å².